The van der Waals surface area contributed by atoms with Crippen LogP contribution >= 0.6 is 0 Å². The second kappa shape index (κ2) is 3.26. The van der Waals surface area contributed by atoms with E-state index < -0.39 is 0 Å². The highest BCUT2D eigenvalue weighted by molar-refractivity contribution is 5.00. The minimum atomic E-state index is -0.225. The zero-order valence-corrected chi connectivity index (χ0v) is 7.81. The number of nitriles is 1. The van der Waals surface area contributed by atoms with Crippen LogP contribution in [0.15, 0.2) is 23.3 Å². The van der Waals surface area contributed by atoms with Crippen LogP contribution in [-0.2, 0) is 6.54 Å². The van der Waals surface area contributed by atoms with Crippen LogP contribution in [0.25, 0.3) is 0 Å². The smallest absolute Gasteiger partial charge is 0.299 e. The summed E-state index contributed by atoms with van der Waals surface area (Å²) < 4.78 is 1.59. The molecular formula is C10H11N3O. The van der Waals surface area contributed by atoms with Crippen LogP contribution in [-0.4, -0.2) is 9.55 Å². The molecule has 2 rings (SSSR count). The van der Waals surface area contributed by atoms with Gasteiger partial charge in [-0.2, -0.15) is 5.26 Å². The molecule has 1 aliphatic rings. The predicted octanol–water partition coefficient (Wildman–Crippen LogP) is 0.937. The fraction of sp³-hybridized carbons (Fsp3) is 0.500. The number of aromatic nitrogens is 2. The molecule has 14 heavy (non-hydrogen) atoms. The normalized spacial score (nSPS) is 17.4. The summed E-state index contributed by atoms with van der Waals surface area (Å²) in [5.74, 6) is 0. The standard InChI is InChI=1S/C10H11N3O/c11-5-4-10(2-3-10)8-13-7-1-6-12-9(13)14/h1,6-7H,2-4,8H2. The predicted molar refractivity (Wildman–Crippen MR) is 50.4 cm³/mol. The van der Waals surface area contributed by atoms with Crippen molar-refractivity contribution >= 4 is 0 Å². The molecule has 4 heteroatoms. The van der Waals surface area contributed by atoms with Crippen molar-refractivity contribution in [2.75, 3.05) is 0 Å². The summed E-state index contributed by atoms with van der Waals surface area (Å²) >= 11 is 0. The Kier molecular flexibility index (Phi) is 2.08. The topological polar surface area (TPSA) is 58.7 Å². The first-order chi connectivity index (χ1) is 6.76. The summed E-state index contributed by atoms with van der Waals surface area (Å²) in [7, 11) is 0. The van der Waals surface area contributed by atoms with E-state index in [2.05, 4.69) is 11.1 Å². The fourth-order valence-electron chi connectivity index (χ4n) is 1.60. The molecule has 0 atom stereocenters. The molecule has 0 aromatic carbocycles. The Hall–Kier alpha value is -1.63. The zero-order chi connectivity index (χ0) is 10.0. The van der Waals surface area contributed by atoms with Gasteiger partial charge < -0.3 is 0 Å². The van der Waals surface area contributed by atoms with Crippen molar-refractivity contribution in [1.29, 1.82) is 5.26 Å². The van der Waals surface area contributed by atoms with E-state index in [4.69, 9.17) is 5.26 Å². The third-order valence-electron chi connectivity index (χ3n) is 2.70. The Balaban J connectivity index is 2.16. The van der Waals surface area contributed by atoms with Crippen molar-refractivity contribution in [2.45, 2.75) is 25.8 Å². The van der Waals surface area contributed by atoms with Gasteiger partial charge in [0, 0.05) is 30.8 Å². The van der Waals surface area contributed by atoms with Crippen LogP contribution < -0.4 is 5.69 Å². The van der Waals surface area contributed by atoms with E-state index in [1.807, 2.05) is 0 Å². The Bertz CT molecular complexity index is 425. The third-order valence-corrected chi connectivity index (χ3v) is 2.70. The molecule has 0 unspecified atom stereocenters. The zero-order valence-electron chi connectivity index (χ0n) is 7.81. The molecule has 4 nitrogen and oxygen atoms in total. The molecule has 0 radical (unpaired) electrons. The summed E-state index contributed by atoms with van der Waals surface area (Å²) in [6.07, 6.45) is 5.84. The minimum absolute atomic E-state index is 0.0572. The third kappa shape index (κ3) is 1.67. The fourth-order valence-corrected chi connectivity index (χ4v) is 1.60. The van der Waals surface area contributed by atoms with Gasteiger partial charge in [-0.3, -0.25) is 4.57 Å². The molecule has 72 valence electrons. The second-order valence-corrected chi connectivity index (χ2v) is 3.87. The van der Waals surface area contributed by atoms with E-state index in [0.29, 0.717) is 13.0 Å². The second-order valence-electron chi connectivity index (χ2n) is 3.87. The summed E-state index contributed by atoms with van der Waals surface area (Å²) in [4.78, 5) is 15.0. The first-order valence-corrected chi connectivity index (χ1v) is 4.64. The lowest BCUT2D eigenvalue weighted by molar-refractivity contribution is 0.419. The maximum absolute atomic E-state index is 11.3. The maximum Gasteiger partial charge on any atom is 0.347 e. The van der Waals surface area contributed by atoms with Crippen LogP contribution in [0.3, 0.4) is 0 Å². The number of rotatable bonds is 3. The Morgan fingerprint density at radius 3 is 3.00 bits per heavy atom. The van der Waals surface area contributed by atoms with Crippen molar-refractivity contribution in [3.05, 3.63) is 28.9 Å². The molecule has 0 saturated heterocycles. The lowest BCUT2D eigenvalue weighted by atomic mass is 10.0. The van der Waals surface area contributed by atoms with Gasteiger partial charge in [0.15, 0.2) is 0 Å². The van der Waals surface area contributed by atoms with Crippen molar-refractivity contribution in [1.82, 2.24) is 9.55 Å². The van der Waals surface area contributed by atoms with Crippen LogP contribution in [0.2, 0.25) is 0 Å². The molecule has 1 aromatic rings. The number of nitrogens with zero attached hydrogens (tertiary/aromatic N) is 3. The summed E-state index contributed by atoms with van der Waals surface area (Å²) in [5.41, 5.74) is -0.168. The van der Waals surface area contributed by atoms with Crippen molar-refractivity contribution in [3.8, 4) is 6.07 Å². The minimum Gasteiger partial charge on any atom is -0.299 e. The van der Waals surface area contributed by atoms with E-state index in [9.17, 15) is 4.79 Å². The average molecular weight is 189 g/mol. The van der Waals surface area contributed by atoms with Gasteiger partial charge in [0.2, 0.25) is 0 Å². The SMILES string of the molecule is N#CCC1(Cn2cccnc2=O)CC1. The lowest BCUT2D eigenvalue weighted by Gasteiger charge is -2.11. The van der Waals surface area contributed by atoms with Crippen LogP contribution in [0.4, 0.5) is 0 Å². The molecule has 0 N–H and O–H groups in total. The number of hydrogen-bond acceptors (Lipinski definition) is 3. The van der Waals surface area contributed by atoms with Gasteiger partial charge in [0.1, 0.15) is 0 Å². The summed E-state index contributed by atoms with van der Waals surface area (Å²) in [5, 5.41) is 8.64. The first kappa shape index (κ1) is 8.95. The maximum atomic E-state index is 11.3. The van der Waals surface area contributed by atoms with E-state index in [1.54, 1.807) is 16.8 Å². The van der Waals surface area contributed by atoms with Gasteiger partial charge in [0.25, 0.3) is 0 Å². The van der Waals surface area contributed by atoms with Gasteiger partial charge in [-0.1, -0.05) is 0 Å². The molecule has 1 aromatic heterocycles. The largest absolute Gasteiger partial charge is 0.347 e. The van der Waals surface area contributed by atoms with Gasteiger partial charge in [-0.05, 0) is 18.9 Å². The molecule has 1 heterocycles. The molecule has 0 aliphatic heterocycles. The van der Waals surface area contributed by atoms with Gasteiger partial charge in [0.05, 0.1) is 6.07 Å². The highest BCUT2D eigenvalue weighted by atomic mass is 16.1. The van der Waals surface area contributed by atoms with E-state index >= 15 is 0 Å². The molecule has 0 bridgehead atoms. The van der Waals surface area contributed by atoms with Gasteiger partial charge in [-0.15, -0.1) is 0 Å². The van der Waals surface area contributed by atoms with Crippen LogP contribution in [0.1, 0.15) is 19.3 Å². The Labute approximate surface area is 81.8 Å². The van der Waals surface area contributed by atoms with E-state index in [-0.39, 0.29) is 11.1 Å². The highest BCUT2D eigenvalue weighted by Gasteiger charge is 2.42. The molecule has 0 spiro atoms. The first-order valence-electron chi connectivity index (χ1n) is 4.64. The monoisotopic (exact) mass is 189 g/mol. The van der Waals surface area contributed by atoms with Crippen molar-refractivity contribution in [3.63, 3.8) is 0 Å². The molecule has 0 amide bonds. The Morgan fingerprint density at radius 2 is 2.43 bits per heavy atom. The Morgan fingerprint density at radius 1 is 1.64 bits per heavy atom. The van der Waals surface area contributed by atoms with Crippen molar-refractivity contribution in [2.24, 2.45) is 5.41 Å². The quantitative estimate of drug-likeness (QED) is 0.710. The highest BCUT2D eigenvalue weighted by Crippen LogP contribution is 2.49. The van der Waals surface area contributed by atoms with Crippen LogP contribution in [0.5, 0.6) is 0 Å². The van der Waals surface area contributed by atoms with Crippen molar-refractivity contribution < 1.29 is 0 Å². The number of hydrogen-bond donors (Lipinski definition) is 0. The molecule has 1 saturated carbocycles. The molecule has 1 fully saturated rings. The summed E-state index contributed by atoms with van der Waals surface area (Å²) in [6, 6.07) is 3.91. The summed E-state index contributed by atoms with van der Waals surface area (Å²) in [6.45, 7) is 0.632. The van der Waals surface area contributed by atoms with Gasteiger partial charge >= 0.3 is 5.69 Å². The average Bonchev–Trinajstić information content (AvgIpc) is 2.90. The van der Waals surface area contributed by atoms with E-state index in [0.717, 1.165) is 12.8 Å². The lowest BCUT2D eigenvalue weighted by Crippen LogP contribution is -2.25. The molecule has 1 aliphatic carbocycles. The van der Waals surface area contributed by atoms with Crippen LogP contribution in [0, 0.1) is 16.7 Å². The van der Waals surface area contributed by atoms with Gasteiger partial charge in [-0.25, -0.2) is 9.78 Å². The molecular weight excluding hydrogens is 178 g/mol. The van der Waals surface area contributed by atoms with E-state index in [1.165, 1.54) is 6.20 Å².